The Hall–Kier alpha value is -2.94. The van der Waals surface area contributed by atoms with Gasteiger partial charge in [0.05, 0.1) is 12.2 Å². The lowest BCUT2D eigenvalue weighted by atomic mass is 10.0. The lowest BCUT2D eigenvalue weighted by Gasteiger charge is -2.09. The third-order valence-electron chi connectivity index (χ3n) is 4.01. The lowest BCUT2D eigenvalue weighted by molar-refractivity contribution is -0.116. The summed E-state index contributed by atoms with van der Waals surface area (Å²) >= 11 is 1.27. The van der Waals surface area contributed by atoms with Gasteiger partial charge in [0.1, 0.15) is 11.5 Å². The molecule has 1 amide bonds. The first-order valence-corrected chi connectivity index (χ1v) is 9.90. The Morgan fingerprint density at radius 1 is 1.32 bits per heavy atom. The average Bonchev–Trinajstić information content (AvgIpc) is 3.16. The van der Waals surface area contributed by atoms with Crippen LogP contribution in [0.15, 0.2) is 34.6 Å². The number of carbonyl (C=O) groups excluding carboxylic acids is 2. The molecular formula is C19H22N4O4S. The van der Waals surface area contributed by atoms with E-state index in [2.05, 4.69) is 24.3 Å². The van der Waals surface area contributed by atoms with E-state index in [0.29, 0.717) is 28.6 Å². The van der Waals surface area contributed by atoms with Gasteiger partial charge < -0.3 is 10.1 Å². The van der Waals surface area contributed by atoms with Crippen LogP contribution in [-0.4, -0.2) is 32.7 Å². The minimum atomic E-state index is -0.459. The molecule has 1 N–H and O–H groups in total. The van der Waals surface area contributed by atoms with Gasteiger partial charge in [0.25, 0.3) is 0 Å². The van der Waals surface area contributed by atoms with E-state index < -0.39 is 17.6 Å². The van der Waals surface area contributed by atoms with E-state index in [9.17, 15) is 14.4 Å². The number of hydrogen-bond donors (Lipinski definition) is 1. The van der Waals surface area contributed by atoms with E-state index in [0.717, 1.165) is 10.2 Å². The molecule has 0 aliphatic carbocycles. The normalized spacial score (nSPS) is 11.1. The summed E-state index contributed by atoms with van der Waals surface area (Å²) < 4.78 is 7.61. The number of ether oxygens (including phenoxy) is 1. The number of amides is 1. The number of rotatable bonds is 7. The summed E-state index contributed by atoms with van der Waals surface area (Å²) in [4.78, 5) is 37.2. The predicted molar refractivity (Wildman–Crippen MR) is 107 cm³/mol. The molecule has 3 aromatic rings. The zero-order valence-electron chi connectivity index (χ0n) is 16.0. The number of esters is 1. The number of carbonyl (C=O) groups is 2. The zero-order chi connectivity index (χ0) is 20.3. The van der Waals surface area contributed by atoms with Crippen molar-refractivity contribution in [2.24, 2.45) is 5.92 Å². The van der Waals surface area contributed by atoms with Crippen LogP contribution in [0, 0.1) is 5.92 Å². The molecule has 3 aromatic heterocycles. The number of aromatic nitrogens is 3. The van der Waals surface area contributed by atoms with Crippen molar-refractivity contribution in [1.82, 2.24) is 14.2 Å². The van der Waals surface area contributed by atoms with Gasteiger partial charge in [0, 0.05) is 6.20 Å². The fourth-order valence-corrected chi connectivity index (χ4v) is 3.86. The van der Waals surface area contributed by atoms with E-state index in [4.69, 9.17) is 4.74 Å². The Labute approximate surface area is 165 Å². The van der Waals surface area contributed by atoms with Crippen molar-refractivity contribution in [3.63, 3.8) is 0 Å². The Balaban J connectivity index is 1.83. The summed E-state index contributed by atoms with van der Waals surface area (Å²) in [6, 6.07) is 5.17. The van der Waals surface area contributed by atoms with E-state index in [1.54, 1.807) is 31.3 Å². The molecular weight excluding hydrogens is 380 g/mol. The molecule has 0 aliphatic rings. The molecule has 9 heteroatoms. The second-order valence-corrected chi connectivity index (χ2v) is 7.58. The first-order chi connectivity index (χ1) is 13.4. The SMILES string of the molecule is CCOC(=O)c1c(CC(C)C)csc1NC(=O)Cn1nc2ccccn2c1=O. The van der Waals surface area contributed by atoms with Crippen molar-refractivity contribution < 1.29 is 14.3 Å². The molecule has 3 rings (SSSR count). The topological polar surface area (TPSA) is 94.7 Å². The van der Waals surface area contributed by atoms with E-state index >= 15 is 0 Å². The fourth-order valence-electron chi connectivity index (χ4n) is 2.88. The second-order valence-electron chi connectivity index (χ2n) is 6.70. The van der Waals surface area contributed by atoms with Gasteiger partial charge in [-0.25, -0.2) is 14.3 Å². The Morgan fingerprint density at radius 3 is 2.79 bits per heavy atom. The van der Waals surface area contributed by atoms with Gasteiger partial charge in [-0.3, -0.25) is 9.20 Å². The summed E-state index contributed by atoms with van der Waals surface area (Å²) in [6.45, 7) is 5.85. The number of fused-ring (bicyclic) bond motifs is 1. The minimum absolute atomic E-state index is 0.250. The van der Waals surface area contributed by atoms with Gasteiger partial charge in [-0.05, 0) is 42.3 Å². The molecule has 28 heavy (non-hydrogen) atoms. The number of pyridine rings is 1. The van der Waals surface area contributed by atoms with Crippen LogP contribution in [0.2, 0.25) is 0 Å². The largest absolute Gasteiger partial charge is 0.462 e. The van der Waals surface area contributed by atoms with E-state index in [1.807, 2.05) is 5.38 Å². The van der Waals surface area contributed by atoms with Crippen molar-refractivity contribution >= 4 is 33.9 Å². The van der Waals surface area contributed by atoms with Gasteiger partial charge in [0.2, 0.25) is 5.91 Å². The minimum Gasteiger partial charge on any atom is -0.462 e. The third-order valence-corrected chi connectivity index (χ3v) is 4.95. The molecule has 0 saturated carbocycles. The van der Waals surface area contributed by atoms with E-state index in [-0.39, 0.29) is 13.2 Å². The van der Waals surface area contributed by atoms with Crippen LogP contribution < -0.4 is 11.0 Å². The van der Waals surface area contributed by atoms with Crippen LogP contribution in [-0.2, 0) is 22.5 Å². The molecule has 0 unspecified atom stereocenters. The first kappa shape index (κ1) is 19.8. The monoisotopic (exact) mass is 402 g/mol. The zero-order valence-corrected chi connectivity index (χ0v) is 16.8. The van der Waals surface area contributed by atoms with Crippen LogP contribution in [0.1, 0.15) is 36.7 Å². The van der Waals surface area contributed by atoms with Crippen molar-refractivity contribution in [3.05, 3.63) is 51.4 Å². The number of nitrogens with one attached hydrogen (secondary N) is 1. The lowest BCUT2D eigenvalue weighted by Crippen LogP contribution is -2.28. The predicted octanol–water partition coefficient (Wildman–Crippen LogP) is 2.57. The van der Waals surface area contributed by atoms with Gasteiger partial charge in [-0.1, -0.05) is 19.9 Å². The molecule has 0 aromatic carbocycles. The Bertz CT molecular complexity index is 1060. The summed E-state index contributed by atoms with van der Waals surface area (Å²) in [5.74, 6) is -0.545. The van der Waals surface area contributed by atoms with Crippen LogP contribution in [0.4, 0.5) is 5.00 Å². The van der Waals surface area contributed by atoms with Gasteiger partial charge >= 0.3 is 11.7 Å². The van der Waals surface area contributed by atoms with Crippen molar-refractivity contribution in [2.75, 3.05) is 11.9 Å². The summed E-state index contributed by atoms with van der Waals surface area (Å²) in [5, 5.41) is 9.16. The maximum Gasteiger partial charge on any atom is 0.350 e. The fraction of sp³-hybridized carbons (Fsp3) is 0.368. The summed E-state index contributed by atoms with van der Waals surface area (Å²) in [6.07, 6.45) is 2.29. The van der Waals surface area contributed by atoms with Crippen LogP contribution in [0.5, 0.6) is 0 Å². The van der Waals surface area contributed by atoms with Gasteiger partial charge in [-0.15, -0.1) is 16.4 Å². The van der Waals surface area contributed by atoms with Gasteiger partial charge in [0.15, 0.2) is 5.65 Å². The van der Waals surface area contributed by atoms with Crippen LogP contribution in [0.25, 0.3) is 5.65 Å². The molecule has 0 spiro atoms. The van der Waals surface area contributed by atoms with Crippen LogP contribution in [0.3, 0.4) is 0 Å². The molecule has 8 nitrogen and oxygen atoms in total. The molecule has 0 atom stereocenters. The van der Waals surface area contributed by atoms with Crippen molar-refractivity contribution in [2.45, 2.75) is 33.7 Å². The summed E-state index contributed by atoms with van der Waals surface area (Å²) in [7, 11) is 0. The van der Waals surface area contributed by atoms with E-state index in [1.165, 1.54) is 15.7 Å². The summed E-state index contributed by atoms with van der Waals surface area (Å²) in [5.41, 5.74) is 1.29. The number of hydrogen-bond acceptors (Lipinski definition) is 6. The Morgan fingerprint density at radius 2 is 2.11 bits per heavy atom. The third kappa shape index (κ3) is 4.14. The number of thiophene rings is 1. The quantitative estimate of drug-likeness (QED) is 0.613. The number of anilines is 1. The molecule has 3 heterocycles. The molecule has 0 radical (unpaired) electrons. The smallest absolute Gasteiger partial charge is 0.350 e. The highest BCUT2D eigenvalue weighted by molar-refractivity contribution is 7.15. The number of nitrogens with zero attached hydrogens (tertiary/aromatic N) is 3. The highest BCUT2D eigenvalue weighted by Crippen LogP contribution is 2.31. The maximum atomic E-state index is 12.5. The molecule has 0 aliphatic heterocycles. The second kappa shape index (κ2) is 8.39. The van der Waals surface area contributed by atoms with Crippen molar-refractivity contribution in [3.8, 4) is 0 Å². The maximum absolute atomic E-state index is 12.5. The molecule has 0 saturated heterocycles. The molecule has 0 fully saturated rings. The van der Waals surface area contributed by atoms with Gasteiger partial charge in [-0.2, -0.15) is 0 Å². The molecule has 148 valence electrons. The molecule has 0 bridgehead atoms. The van der Waals surface area contributed by atoms with Crippen molar-refractivity contribution in [1.29, 1.82) is 0 Å². The Kier molecular flexibility index (Phi) is 5.93. The first-order valence-electron chi connectivity index (χ1n) is 9.02. The highest BCUT2D eigenvalue weighted by Gasteiger charge is 2.22. The standard InChI is InChI=1S/C19H22N4O4S/c1-4-27-18(25)16-13(9-12(2)3)11-28-17(16)20-15(24)10-23-19(26)22-8-6-5-7-14(22)21-23/h5-8,11-12H,4,9-10H2,1-3H3,(H,20,24). The average molecular weight is 402 g/mol. The highest BCUT2D eigenvalue weighted by atomic mass is 32.1. The van der Waals surface area contributed by atoms with Crippen LogP contribution >= 0.6 is 11.3 Å².